The molecule has 0 bridgehead atoms. The molecule has 3 aromatic rings. The number of fused-ring (bicyclic) bond motifs is 1. The number of benzene rings is 2. The third kappa shape index (κ3) is 3.26. The highest BCUT2D eigenvalue weighted by Crippen LogP contribution is 2.13. The Bertz CT molecular complexity index is 1030. The number of aromatic nitrogens is 2. The van der Waals surface area contributed by atoms with Gasteiger partial charge in [-0.05, 0) is 44.2 Å². The van der Waals surface area contributed by atoms with Crippen LogP contribution in [0, 0.1) is 11.6 Å². The number of anilines is 1. The van der Waals surface area contributed by atoms with E-state index in [2.05, 4.69) is 15.5 Å². The molecular weight excluding hydrogens is 326 g/mol. The maximum Gasteiger partial charge on any atom is 0.262 e. The van der Waals surface area contributed by atoms with Crippen LogP contribution in [0.1, 0.15) is 19.4 Å². The van der Waals surface area contributed by atoms with Gasteiger partial charge in [0.05, 0.1) is 16.6 Å². The van der Waals surface area contributed by atoms with Gasteiger partial charge in [0.15, 0.2) is 11.6 Å². The van der Waals surface area contributed by atoms with Gasteiger partial charge in [-0.2, -0.15) is 5.10 Å². The van der Waals surface area contributed by atoms with Crippen LogP contribution in [0.5, 0.6) is 0 Å². The molecule has 0 spiro atoms. The second-order valence-corrected chi connectivity index (χ2v) is 5.44. The zero-order chi connectivity index (χ0) is 18.0. The van der Waals surface area contributed by atoms with Crippen LogP contribution in [0.15, 0.2) is 52.4 Å². The van der Waals surface area contributed by atoms with Crippen molar-refractivity contribution in [2.24, 2.45) is 5.10 Å². The Hall–Kier alpha value is -3.09. The Balaban J connectivity index is 1.99. The predicted molar refractivity (Wildman–Crippen MR) is 93.9 cm³/mol. The summed E-state index contributed by atoms with van der Waals surface area (Å²) in [4.78, 5) is 16.9. The minimum absolute atomic E-state index is 0.170. The van der Waals surface area contributed by atoms with Gasteiger partial charge in [0, 0.05) is 12.1 Å². The molecule has 128 valence electrons. The normalized spacial score (nSPS) is 11.8. The first-order chi connectivity index (χ1) is 12.0. The number of hydrogen-bond acceptors (Lipinski definition) is 4. The van der Waals surface area contributed by atoms with Crippen molar-refractivity contribution < 1.29 is 8.78 Å². The SMILES string of the molecule is CCn1c(N/N=C(/C)c2ccc(F)c(F)c2)nc2ccccc2c1=O. The Morgan fingerprint density at radius 3 is 2.68 bits per heavy atom. The molecule has 1 N–H and O–H groups in total. The van der Waals surface area contributed by atoms with E-state index >= 15 is 0 Å². The summed E-state index contributed by atoms with van der Waals surface area (Å²) in [6.07, 6.45) is 0. The summed E-state index contributed by atoms with van der Waals surface area (Å²) < 4.78 is 27.8. The van der Waals surface area contributed by atoms with Crippen molar-refractivity contribution in [3.63, 3.8) is 0 Å². The minimum Gasteiger partial charge on any atom is -0.277 e. The van der Waals surface area contributed by atoms with Gasteiger partial charge >= 0.3 is 0 Å². The molecule has 1 heterocycles. The third-order valence-corrected chi connectivity index (χ3v) is 3.84. The number of halogens is 2. The van der Waals surface area contributed by atoms with Crippen molar-refractivity contribution in [1.29, 1.82) is 0 Å². The van der Waals surface area contributed by atoms with Gasteiger partial charge in [-0.25, -0.2) is 19.2 Å². The van der Waals surface area contributed by atoms with Gasteiger partial charge in [-0.15, -0.1) is 0 Å². The van der Waals surface area contributed by atoms with Gasteiger partial charge in [-0.3, -0.25) is 9.36 Å². The summed E-state index contributed by atoms with van der Waals surface area (Å²) in [5.74, 6) is -1.57. The number of para-hydroxylation sites is 1. The summed E-state index contributed by atoms with van der Waals surface area (Å²) in [5, 5.41) is 4.67. The molecule has 0 fully saturated rings. The molecule has 0 aliphatic rings. The van der Waals surface area contributed by atoms with Crippen LogP contribution < -0.4 is 11.0 Å². The molecule has 3 rings (SSSR count). The average molecular weight is 342 g/mol. The maximum absolute atomic E-state index is 13.3. The van der Waals surface area contributed by atoms with E-state index in [0.29, 0.717) is 28.7 Å². The average Bonchev–Trinajstić information content (AvgIpc) is 2.62. The van der Waals surface area contributed by atoms with Crippen molar-refractivity contribution in [3.05, 3.63) is 70.0 Å². The van der Waals surface area contributed by atoms with Crippen molar-refractivity contribution in [2.75, 3.05) is 5.43 Å². The summed E-state index contributed by atoms with van der Waals surface area (Å²) in [7, 11) is 0. The van der Waals surface area contributed by atoms with E-state index in [1.807, 2.05) is 6.92 Å². The lowest BCUT2D eigenvalue weighted by atomic mass is 10.1. The number of rotatable bonds is 4. The molecule has 0 unspecified atom stereocenters. The largest absolute Gasteiger partial charge is 0.277 e. The first-order valence-electron chi connectivity index (χ1n) is 7.76. The zero-order valence-corrected chi connectivity index (χ0v) is 13.8. The second kappa shape index (κ2) is 6.80. The maximum atomic E-state index is 13.3. The molecule has 7 heteroatoms. The lowest BCUT2D eigenvalue weighted by Gasteiger charge is -2.11. The highest BCUT2D eigenvalue weighted by Gasteiger charge is 2.10. The Labute approximate surface area is 142 Å². The molecule has 0 saturated heterocycles. The number of hydrazone groups is 1. The fourth-order valence-electron chi connectivity index (χ4n) is 2.47. The highest BCUT2D eigenvalue weighted by molar-refractivity contribution is 5.99. The van der Waals surface area contributed by atoms with E-state index in [0.717, 1.165) is 12.1 Å². The minimum atomic E-state index is -0.943. The highest BCUT2D eigenvalue weighted by atomic mass is 19.2. The van der Waals surface area contributed by atoms with Crippen molar-refractivity contribution in [2.45, 2.75) is 20.4 Å². The molecule has 25 heavy (non-hydrogen) atoms. The number of nitrogens with one attached hydrogen (secondary N) is 1. The van der Waals surface area contributed by atoms with E-state index in [4.69, 9.17) is 0 Å². The van der Waals surface area contributed by atoms with E-state index in [-0.39, 0.29) is 11.5 Å². The van der Waals surface area contributed by atoms with E-state index in [9.17, 15) is 13.6 Å². The van der Waals surface area contributed by atoms with Gasteiger partial charge in [0.1, 0.15) is 0 Å². The van der Waals surface area contributed by atoms with Gasteiger partial charge in [-0.1, -0.05) is 12.1 Å². The van der Waals surface area contributed by atoms with E-state index < -0.39 is 11.6 Å². The van der Waals surface area contributed by atoms with Gasteiger partial charge in [0.25, 0.3) is 5.56 Å². The standard InChI is InChI=1S/C18H16F2N4O/c1-3-24-17(25)13-6-4-5-7-16(13)21-18(24)23-22-11(2)12-8-9-14(19)15(20)10-12/h4-10H,3H2,1-2H3,(H,21,23)/b22-11-. The second-order valence-electron chi connectivity index (χ2n) is 5.44. The molecule has 0 aliphatic carbocycles. The fourth-order valence-corrected chi connectivity index (χ4v) is 2.47. The number of hydrogen-bond donors (Lipinski definition) is 1. The van der Waals surface area contributed by atoms with Gasteiger partial charge in [0.2, 0.25) is 5.95 Å². The molecule has 1 aromatic heterocycles. The van der Waals surface area contributed by atoms with Crippen LogP contribution in [-0.2, 0) is 6.54 Å². The summed E-state index contributed by atoms with van der Waals surface area (Å²) in [6.45, 7) is 3.89. The van der Waals surface area contributed by atoms with Crippen LogP contribution in [0.25, 0.3) is 10.9 Å². The van der Waals surface area contributed by atoms with Crippen LogP contribution in [0.2, 0.25) is 0 Å². The fraction of sp³-hybridized carbons (Fsp3) is 0.167. The van der Waals surface area contributed by atoms with Crippen molar-refractivity contribution >= 4 is 22.6 Å². The van der Waals surface area contributed by atoms with Crippen LogP contribution in [-0.4, -0.2) is 15.3 Å². The summed E-state index contributed by atoms with van der Waals surface area (Å²) in [6, 6.07) is 10.6. The molecule has 5 nitrogen and oxygen atoms in total. The quantitative estimate of drug-likeness (QED) is 0.583. The smallest absolute Gasteiger partial charge is 0.262 e. The Kier molecular flexibility index (Phi) is 4.56. The molecule has 0 saturated carbocycles. The molecule has 0 aliphatic heterocycles. The summed E-state index contributed by atoms with van der Waals surface area (Å²) in [5.41, 5.74) is 4.00. The predicted octanol–water partition coefficient (Wildman–Crippen LogP) is 3.53. The summed E-state index contributed by atoms with van der Waals surface area (Å²) >= 11 is 0. The molecular formula is C18H16F2N4O. The molecule has 0 atom stereocenters. The monoisotopic (exact) mass is 342 g/mol. The Morgan fingerprint density at radius 1 is 1.20 bits per heavy atom. The van der Waals surface area contributed by atoms with Crippen molar-refractivity contribution in [3.8, 4) is 0 Å². The zero-order valence-electron chi connectivity index (χ0n) is 13.8. The van der Waals surface area contributed by atoms with Crippen LogP contribution in [0.3, 0.4) is 0 Å². The van der Waals surface area contributed by atoms with Crippen LogP contribution >= 0.6 is 0 Å². The van der Waals surface area contributed by atoms with Crippen LogP contribution in [0.4, 0.5) is 14.7 Å². The lowest BCUT2D eigenvalue weighted by molar-refractivity contribution is 0.508. The third-order valence-electron chi connectivity index (χ3n) is 3.84. The molecule has 0 radical (unpaired) electrons. The van der Waals surface area contributed by atoms with E-state index in [1.165, 1.54) is 10.6 Å². The topological polar surface area (TPSA) is 59.3 Å². The van der Waals surface area contributed by atoms with E-state index in [1.54, 1.807) is 31.2 Å². The lowest BCUT2D eigenvalue weighted by Crippen LogP contribution is -2.23. The number of nitrogens with zero attached hydrogens (tertiary/aromatic N) is 3. The van der Waals surface area contributed by atoms with Crippen molar-refractivity contribution in [1.82, 2.24) is 9.55 Å². The molecule has 0 amide bonds. The van der Waals surface area contributed by atoms with Gasteiger partial charge < -0.3 is 0 Å². The first kappa shape index (κ1) is 16.8. The Morgan fingerprint density at radius 2 is 1.96 bits per heavy atom. The molecule has 2 aromatic carbocycles. The first-order valence-corrected chi connectivity index (χ1v) is 7.76.